The molecule has 1 N–H and O–H groups in total. The Labute approximate surface area is 167 Å². The molecule has 8 heteroatoms. The van der Waals surface area contributed by atoms with Crippen molar-refractivity contribution in [1.82, 2.24) is 20.1 Å². The first-order valence-corrected chi connectivity index (χ1v) is 10.2. The van der Waals surface area contributed by atoms with Crippen LogP contribution in [0.25, 0.3) is 0 Å². The second kappa shape index (κ2) is 11.2. The maximum atomic E-state index is 5.73. The first kappa shape index (κ1) is 20.8. The van der Waals surface area contributed by atoms with E-state index in [0.717, 1.165) is 57.5 Å². The molecule has 0 bridgehead atoms. The van der Waals surface area contributed by atoms with Gasteiger partial charge < -0.3 is 24.4 Å². The maximum absolute atomic E-state index is 5.73. The van der Waals surface area contributed by atoms with Crippen LogP contribution in [-0.4, -0.2) is 93.0 Å². The molecule has 0 radical (unpaired) electrons. The molecule has 1 aromatic rings. The van der Waals surface area contributed by atoms with E-state index in [0.29, 0.717) is 31.7 Å². The topological polar surface area (TPSA) is 71.5 Å². The number of pyridine rings is 1. The number of aromatic nitrogens is 1. The van der Waals surface area contributed by atoms with E-state index in [-0.39, 0.29) is 0 Å². The SMILES string of the molecule is CCNC(=NCc1cccnc1OCCOC)N1CCC(N2CCOCC2)C1. The Hall–Kier alpha value is -1.90. The highest BCUT2D eigenvalue weighted by Crippen LogP contribution is 2.19. The molecule has 28 heavy (non-hydrogen) atoms. The number of hydrogen-bond acceptors (Lipinski definition) is 6. The van der Waals surface area contributed by atoms with Gasteiger partial charge in [-0.1, -0.05) is 6.07 Å². The predicted octanol–water partition coefficient (Wildman–Crippen LogP) is 0.979. The Morgan fingerprint density at radius 3 is 2.96 bits per heavy atom. The highest BCUT2D eigenvalue weighted by Gasteiger charge is 2.30. The Balaban J connectivity index is 1.61. The van der Waals surface area contributed by atoms with Gasteiger partial charge in [-0.15, -0.1) is 0 Å². The molecule has 1 aromatic heterocycles. The number of guanidine groups is 1. The van der Waals surface area contributed by atoms with Gasteiger partial charge >= 0.3 is 0 Å². The van der Waals surface area contributed by atoms with Crippen LogP contribution in [0.15, 0.2) is 23.3 Å². The summed E-state index contributed by atoms with van der Waals surface area (Å²) in [7, 11) is 1.66. The molecule has 2 aliphatic rings. The zero-order valence-corrected chi connectivity index (χ0v) is 17.1. The monoisotopic (exact) mass is 391 g/mol. The van der Waals surface area contributed by atoms with Gasteiger partial charge in [-0.2, -0.15) is 0 Å². The third-order valence-corrected chi connectivity index (χ3v) is 5.14. The summed E-state index contributed by atoms with van der Waals surface area (Å²) in [5.41, 5.74) is 0.984. The highest BCUT2D eigenvalue weighted by molar-refractivity contribution is 5.80. The predicted molar refractivity (Wildman–Crippen MR) is 109 cm³/mol. The maximum Gasteiger partial charge on any atom is 0.218 e. The molecule has 1 atom stereocenters. The molecule has 2 aliphatic heterocycles. The van der Waals surface area contributed by atoms with Crippen LogP contribution >= 0.6 is 0 Å². The van der Waals surface area contributed by atoms with Crippen LogP contribution in [0.2, 0.25) is 0 Å². The fourth-order valence-electron chi connectivity index (χ4n) is 3.66. The second-order valence-electron chi connectivity index (χ2n) is 7.02. The van der Waals surface area contributed by atoms with Crippen LogP contribution in [0.1, 0.15) is 18.9 Å². The standard InChI is InChI=1S/C20H33N5O3/c1-3-21-20(25-8-6-18(16-25)24-9-11-27-12-10-24)23-15-17-5-4-7-22-19(17)28-14-13-26-2/h4-5,7,18H,3,6,8-16H2,1-2H3,(H,21,23). The normalized spacial score (nSPS) is 21.1. The summed E-state index contributed by atoms with van der Waals surface area (Å²) < 4.78 is 16.3. The summed E-state index contributed by atoms with van der Waals surface area (Å²) in [5, 5.41) is 3.44. The Morgan fingerprint density at radius 2 is 2.18 bits per heavy atom. The number of hydrogen-bond donors (Lipinski definition) is 1. The largest absolute Gasteiger partial charge is 0.475 e. The van der Waals surface area contributed by atoms with E-state index in [1.54, 1.807) is 13.3 Å². The summed E-state index contributed by atoms with van der Waals surface area (Å²) in [5.74, 6) is 1.59. The molecule has 2 saturated heterocycles. The van der Waals surface area contributed by atoms with Crippen molar-refractivity contribution >= 4 is 5.96 Å². The lowest BCUT2D eigenvalue weighted by molar-refractivity contribution is 0.0195. The van der Waals surface area contributed by atoms with Crippen molar-refractivity contribution in [1.29, 1.82) is 0 Å². The molecule has 8 nitrogen and oxygen atoms in total. The molecule has 3 rings (SSSR count). The van der Waals surface area contributed by atoms with Crippen molar-refractivity contribution in [3.63, 3.8) is 0 Å². The van der Waals surface area contributed by atoms with Gasteiger partial charge in [0.15, 0.2) is 5.96 Å². The Kier molecular flexibility index (Phi) is 8.32. The summed E-state index contributed by atoms with van der Waals surface area (Å²) in [6.45, 7) is 10.3. The third-order valence-electron chi connectivity index (χ3n) is 5.14. The molecule has 1 unspecified atom stereocenters. The number of ether oxygens (including phenoxy) is 3. The zero-order chi connectivity index (χ0) is 19.6. The number of nitrogens with zero attached hydrogens (tertiary/aromatic N) is 4. The number of rotatable bonds is 8. The fourth-order valence-corrected chi connectivity index (χ4v) is 3.66. The van der Waals surface area contributed by atoms with E-state index in [9.17, 15) is 0 Å². The molecule has 3 heterocycles. The van der Waals surface area contributed by atoms with E-state index in [4.69, 9.17) is 19.2 Å². The van der Waals surface area contributed by atoms with Crippen LogP contribution in [0, 0.1) is 0 Å². The lowest BCUT2D eigenvalue weighted by atomic mass is 10.2. The number of methoxy groups -OCH3 is 1. The number of likely N-dealkylation sites (tertiary alicyclic amines) is 1. The minimum Gasteiger partial charge on any atom is -0.475 e. The van der Waals surface area contributed by atoms with E-state index in [1.807, 2.05) is 12.1 Å². The van der Waals surface area contributed by atoms with Crippen molar-refractivity contribution in [2.45, 2.75) is 25.9 Å². The van der Waals surface area contributed by atoms with Gasteiger partial charge in [0.25, 0.3) is 0 Å². The smallest absolute Gasteiger partial charge is 0.218 e. The average Bonchev–Trinajstić information content (AvgIpc) is 3.23. The molecule has 0 spiro atoms. The van der Waals surface area contributed by atoms with E-state index >= 15 is 0 Å². The first-order chi connectivity index (χ1) is 13.8. The molecular weight excluding hydrogens is 358 g/mol. The lowest BCUT2D eigenvalue weighted by Crippen LogP contribution is -2.46. The molecular formula is C20H33N5O3. The Morgan fingerprint density at radius 1 is 1.32 bits per heavy atom. The number of nitrogens with one attached hydrogen (secondary N) is 1. The zero-order valence-electron chi connectivity index (χ0n) is 17.1. The van der Waals surface area contributed by atoms with Gasteiger partial charge in [0, 0.05) is 57.6 Å². The summed E-state index contributed by atoms with van der Waals surface area (Å²) in [6.07, 6.45) is 2.91. The van der Waals surface area contributed by atoms with Gasteiger partial charge in [-0.05, 0) is 19.4 Å². The summed E-state index contributed by atoms with van der Waals surface area (Å²) >= 11 is 0. The van der Waals surface area contributed by atoms with Crippen LogP contribution in [-0.2, 0) is 16.0 Å². The van der Waals surface area contributed by atoms with Crippen molar-refractivity contribution in [3.8, 4) is 5.88 Å². The Bertz CT molecular complexity index is 622. The molecule has 0 saturated carbocycles. The van der Waals surface area contributed by atoms with Crippen molar-refractivity contribution in [2.24, 2.45) is 4.99 Å². The van der Waals surface area contributed by atoms with Crippen molar-refractivity contribution < 1.29 is 14.2 Å². The van der Waals surface area contributed by atoms with E-state index in [2.05, 4.69) is 27.0 Å². The van der Waals surface area contributed by atoms with Gasteiger partial charge in [0.1, 0.15) is 6.61 Å². The van der Waals surface area contributed by atoms with E-state index < -0.39 is 0 Å². The summed E-state index contributed by atoms with van der Waals surface area (Å²) in [4.78, 5) is 14.1. The van der Waals surface area contributed by atoms with Gasteiger partial charge in [-0.3, -0.25) is 4.90 Å². The second-order valence-corrected chi connectivity index (χ2v) is 7.02. The van der Waals surface area contributed by atoms with Gasteiger partial charge in [0.05, 0.1) is 26.4 Å². The molecule has 0 aromatic carbocycles. The summed E-state index contributed by atoms with van der Waals surface area (Å²) in [6, 6.07) is 4.52. The van der Waals surface area contributed by atoms with Crippen molar-refractivity contribution in [2.75, 3.05) is 66.3 Å². The number of aliphatic imine (C=N–C) groups is 1. The molecule has 0 amide bonds. The average molecular weight is 392 g/mol. The minimum absolute atomic E-state index is 0.484. The van der Waals surface area contributed by atoms with Crippen LogP contribution in [0.5, 0.6) is 5.88 Å². The van der Waals surface area contributed by atoms with Crippen LogP contribution < -0.4 is 10.1 Å². The molecule has 0 aliphatic carbocycles. The van der Waals surface area contributed by atoms with Gasteiger partial charge in [-0.25, -0.2) is 9.98 Å². The fraction of sp³-hybridized carbons (Fsp3) is 0.700. The molecule has 2 fully saturated rings. The van der Waals surface area contributed by atoms with E-state index in [1.165, 1.54) is 6.42 Å². The number of morpholine rings is 1. The first-order valence-electron chi connectivity index (χ1n) is 10.2. The third kappa shape index (κ3) is 5.80. The van der Waals surface area contributed by atoms with Crippen molar-refractivity contribution in [3.05, 3.63) is 23.9 Å². The van der Waals surface area contributed by atoms with Gasteiger partial charge in [0.2, 0.25) is 5.88 Å². The highest BCUT2D eigenvalue weighted by atomic mass is 16.5. The van der Waals surface area contributed by atoms with Crippen LogP contribution in [0.4, 0.5) is 0 Å². The lowest BCUT2D eigenvalue weighted by Gasteiger charge is -2.32. The minimum atomic E-state index is 0.484. The molecule has 156 valence electrons. The quantitative estimate of drug-likeness (QED) is 0.402. The van der Waals surface area contributed by atoms with Crippen LogP contribution in [0.3, 0.4) is 0 Å².